The normalized spacial score (nSPS) is 10.3. The second kappa shape index (κ2) is 5.74. The van der Waals surface area contributed by atoms with Crippen LogP contribution in [0.1, 0.15) is 11.3 Å². The van der Waals surface area contributed by atoms with Crippen molar-refractivity contribution in [2.45, 2.75) is 13.8 Å². The van der Waals surface area contributed by atoms with Crippen LogP contribution in [0.2, 0.25) is 0 Å². The van der Waals surface area contributed by atoms with Crippen LogP contribution in [0.3, 0.4) is 0 Å². The number of methoxy groups -OCH3 is 1. The Hall–Kier alpha value is -2.70. The van der Waals surface area contributed by atoms with E-state index < -0.39 is 4.92 Å². The van der Waals surface area contributed by atoms with E-state index in [1.165, 1.54) is 0 Å². The quantitative estimate of drug-likeness (QED) is 0.687. The first-order valence-corrected chi connectivity index (χ1v) is 6.33. The first-order valence-electron chi connectivity index (χ1n) is 6.33. The molecule has 0 amide bonds. The summed E-state index contributed by atoms with van der Waals surface area (Å²) in [5.74, 6) is 1.04. The number of nitro groups is 1. The molecule has 1 aromatic carbocycles. The van der Waals surface area contributed by atoms with E-state index in [4.69, 9.17) is 4.74 Å². The van der Waals surface area contributed by atoms with Crippen LogP contribution in [0.5, 0.6) is 5.75 Å². The zero-order valence-corrected chi connectivity index (χ0v) is 12.3. The van der Waals surface area contributed by atoms with Crippen molar-refractivity contribution < 1.29 is 9.66 Å². The predicted octanol–water partition coefficient (Wildman–Crippen LogP) is 2.72. The summed E-state index contributed by atoms with van der Waals surface area (Å²) in [6, 6.07) is 5.33. The lowest BCUT2D eigenvalue weighted by molar-refractivity contribution is -0.385. The fraction of sp³-hybridized carbons (Fsp3) is 0.286. The van der Waals surface area contributed by atoms with Crippen LogP contribution in [0.25, 0.3) is 11.3 Å². The highest BCUT2D eigenvalue weighted by Gasteiger charge is 2.24. The molecule has 0 atom stereocenters. The first kappa shape index (κ1) is 14.7. The highest BCUT2D eigenvalue weighted by molar-refractivity contribution is 5.75. The van der Waals surface area contributed by atoms with Crippen molar-refractivity contribution >= 4 is 11.6 Å². The molecule has 7 heteroatoms. The number of hydrogen-bond acceptors (Lipinski definition) is 6. The van der Waals surface area contributed by atoms with Crippen LogP contribution in [-0.4, -0.2) is 29.0 Å². The van der Waals surface area contributed by atoms with E-state index in [2.05, 4.69) is 15.3 Å². The zero-order chi connectivity index (χ0) is 15.6. The van der Waals surface area contributed by atoms with Gasteiger partial charge in [-0.25, -0.2) is 9.97 Å². The second-order valence-corrected chi connectivity index (χ2v) is 4.52. The van der Waals surface area contributed by atoms with Crippen LogP contribution in [0, 0.1) is 24.0 Å². The molecular weight excluding hydrogens is 272 g/mol. The minimum Gasteiger partial charge on any atom is -0.497 e. The molecule has 0 spiro atoms. The number of ether oxygens (including phenoxy) is 1. The van der Waals surface area contributed by atoms with Crippen molar-refractivity contribution in [1.29, 1.82) is 0 Å². The van der Waals surface area contributed by atoms with Gasteiger partial charge in [0, 0.05) is 12.6 Å². The van der Waals surface area contributed by atoms with Crippen molar-refractivity contribution in [1.82, 2.24) is 9.97 Å². The highest BCUT2D eigenvalue weighted by Crippen LogP contribution is 2.34. The van der Waals surface area contributed by atoms with E-state index in [1.54, 1.807) is 33.2 Å². The molecule has 1 heterocycles. The van der Waals surface area contributed by atoms with Crippen molar-refractivity contribution in [2.24, 2.45) is 0 Å². The van der Waals surface area contributed by atoms with Gasteiger partial charge in [-0.15, -0.1) is 0 Å². The van der Waals surface area contributed by atoms with E-state index in [0.717, 1.165) is 5.56 Å². The van der Waals surface area contributed by atoms with Crippen LogP contribution >= 0.6 is 0 Å². The maximum atomic E-state index is 11.3. The van der Waals surface area contributed by atoms with Crippen molar-refractivity contribution in [2.75, 3.05) is 19.5 Å². The molecule has 0 aliphatic carbocycles. The lowest BCUT2D eigenvalue weighted by atomic mass is 10.0. The summed E-state index contributed by atoms with van der Waals surface area (Å²) in [6.07, 6.45) is 0. The van der Waals surface area contributed by atoms with Gasteiger partial charge in [0.05, 0.1) is 12.0 Å². The van der Waals surface area contributed by atoms with Gasteiger partial charge < -0.3 is 10.1 Å². The summed E-state index contributed by atoms with van der Waals surface area (Å²) in [7, 11) is 3.25. The number of hydrogen-bond donors (Lipinski definition) is 1. The molecule has 2 aromatic rings. The molecule has 0 saturated carbocycles. The topological polar surface area (TPSA) is 90.2 Å². The second-order valence-electron chi connectivity index (χ2n) is 4.52. The Bertz CT molecular complexity index is 701. The molecule has 2 rings (SSSR count). The van der Waals surface area contributed by atoms with E-state index in [9.17, 15) is 10.1 Å². The van der Waals surface area contributed by atoms with E-state index >= 15 is 0 Å². The lowest BCUT2D eigenvalue weighted by Gasteiger charge is -2.10. The standard InChI is InChI=1S/C14H16N4O3/c1-8-7-10(21-4)5-6-11(8)12-13(18(19)20)9(2)16-14(15-3)17-12/h5-7H,1-4H3,(H,15,16,17). The molecule has 0 aliphatic rings. The van der Waals surface area contributed by atoms with Crippen molar-refractivity contribution in [3.8, 4) is 17.0 Å². The Morgan fingerprint density at radius 1 is 1.29 bits per heavy atom. The summed E-state index contributed by atoms with van der Waals surface area (Å²) in [5.41, 5.74) is 2.07. The Kier molecular flexibility index (Phi) is 4.02. The Balaban J connectivity index is 2.72. The molecule has 0 saturated heterocycles. The fourth-order valence-corrected chi connectivity index (χ4v) is 2.11. The molecule has 0 unspecified atom stereocenters. The first-order chi connectivity index (χ1) is 9.97. The molecule has 0 fully saturated rings. The number of nitrogens with zero attached hydrogens (tertiary/aromatic N) is 3. The van der Waals surface area contributed by atoms with Gasteiger partial charge in [0.1, 0.15) is 11.4 Å². The summed E-state index contributed by atoms with van der Waals surface area (Å²) < 4.78 is 5.15. The minimum absolute atomic E-state index is 0.0812. The van der Waals surface area contributed by atoms with Crippen molar-refractivity contribution in [3.63, 3.8) is 0 Å². The molecule has 1 N–H and O–H groups in total. The summed E-state index contributed by atoms with van der Waals surface area (Å²) in [6.45, 7) is 3.46. The number of aromatic nitrogens is 2. The van der Waals surface area contributed by atoms with Gasteiger partial charge in [-0.1, -0.05) is 0 Å². The predicted molar refractivity (Wildman–Crippen MR) is 79.7 cm³/mol. The summed E-state index contributed by atoms with van der Waals surface area (Å²) >= 11 is 0. The molecule has 0 aliphatic heterocycles. The SMILES string of the molecule is CNc1nc(C)c([N+](=O)[O-])c(-c2ccc(OC)cc2C)n1. The van der Waals surface area contributed by atoms with Gasteiger partial charge in [0.15, 0.2) is 5.69 Å². The van der Waals surface area contributed by atoms with Gasteiger partial charge in [-0.05, 0) is 37.6 Å². The van der Waals surface area contributed by atoms with Gasteiger partial charge in [0.25, 0.3) is 0 Å². The number of rotatable bonds is 4. The zero-order valence-electron chi connectivity index (χ0n) is 12.3. The molecule has 110 valence electrons. The molecular formula is C14H16N4O3. The van der Waals surface area contributed by atoms with Crippen molar-refractivity contribution in [3.05, 3.63) is 39.6 Å². The maximum Gasteiger partial charge on any atom is 0.316 e. The average molecular weight is 288 g/mol. The Morgan fingerprint density at radius 3 is 2.52 bits per heavy atom. The third-order valence-corrected chi connectivity index (χ3v) is 3.15. The summed E-state index contributed by atoms with van der Waals surface area (Å²) in [5, 5.41) is 14.1. The Morgan fingerprint density at radius 2 is 2.00 bits per heavy atom. The maximum absolute atomic E-state index is 11.3. The van der Waals surface area contributed by atoms with E-state index in [1.807, 2.05) is 13.0 Å². The minimum atomic E-state index is -0.451. The van der Waals surface area contributed by atoms with E-state index in [0.29, 0.717) is 28.6 Å². The molecule has 0 bridgehead atoms. The number of benzene rings is 1. The monoisotopic (exact) mass is 288 g/mol. The van der Waals surface area contributed by atoms with Crippen LogP contribution in [0.15, 0.2) is 18.2 Å². The third kappa shape index (κ3) is 2.76. The van der Waals surface area contributed by atoms with Crippen LogP contribution in [-0.2, 0) is 0 Å². The highest BCUT2D eigenvalue weighted by atomic mass is 16.6. The van der Waals surface area contributed by atoms with Gasteiger partial charge >= 0.3 is 5.69 Å². The fourth-order valence-electron chi connectivity index (χ4n) is 2.11. The Labute approximate surface area is 122 Å². The number of nitrogens with one attached hydrogen (secondary N) is 1. The molecule has 7 nitrogen and oxygen atoms in total. The number of anilines is 1. The van der Waals surface area contributed by atoms with Gasteiger partial charge in [0.2, 0.25) is 5.95 Å². The largest absolute Gasteiger partial charge is 0.497 e. The van der Waals surface area contributed by atoms with Crippen LogP contribution < -0.4 is 10.1 Å². The average Bonchev–Trinajstić information content (AvgIpc) is 2.45. The van der Waals surface area contributed by atoms with Crippen LogP contribution in [0.4, 0.5) is 11.6 Å². The van der Waals surface area contributed by atoms with Gasteiger partial charge in [-0.2, -0.15) is 0 Å². The van der Waals surface area contributed by atoms with E-state index in [-0.39, 0.29) is 5.69 Å². The molecule has 0 radical (unpaired) electrons. The smallest absolute Gasteiger partial charge is 0.316 e. The lowest BCUT2D eigenvalue weighted by Crippen LogP contribution is -2.05. The molecule has 21 heavy (non-hydrogen) atoms. The molecule has 1 aromatic heterocycles. The summed E-state index contributed by atoms with van der Waals surface area (Å²) in [4.78, 5) is 19.2. The number of aryl methyl sites for hydroxylation is 2. The van der Waals surface area contributed by atoms with Gasteiger partial charge in [-0.3, -0.25) is 10.1 Å². The third-order valence-electron chi connectivity index (χ3n) is 3.15.